The van der Waals surface area contributed by atoms with Gasteiger partial charge in [-0.1, -0.05) is 36.4 Å². The predicted molar refractivity (Wildman–Crippen MR) is 66.5 cm³/mol. The smallest absolute Gasteiger partial charge is 0.333 e. The van der Waals surface area contributed by atoms with Crippen molar-refractivity contribution in [2.24, 2.45) is 0 Å². The van der Waals surface area contributed by atoms with Crippen LogP contribution in [-0.2, 0) is 9.53 Å². The minimum absolute atomic E-state index is 0.196. The Labute approximate surface area is 102 Å². The first-order valence-corrected chi connectivity index (χ1v) is 5.64. The number of carbonyl (C=O) groups excluding carboxylic acids is 1. The van der Waals surface area contributed by atoms with E-state index in [2.05, 4.69) is 6.58 Å². The monoisotopic (exact) mass is 234 g/mol. The van der Waals surface area contributed by atoms with Crippen molar-refractivity contribution in [3.05, 3.63) is 47.5 Å². The lowest BCUT2D eigenvalue weighted by molar-refractivity contribution is -0.138. The van der Waals surface area contributed by atoms with E-state index >= 15 is 0 Å². The van der Waals surface area contributed by atoms with Gasteiger partial charge in [0.2, 0.25) is 0 Å². The average molecular weight is 234 g/mol. The Balaban J connectivity index is 2.60. The number of esters is 1. The van der Waals surface area contributed by atoms with E-state index in [0.717, 1.165) is 11.1 Å². The van der Waals surface area contributed by atoms with Crippen molar-refractivity contribution in [1.82, 2.24) is 0 Å². The summed E-state index contributed by atoms with van der Waals surface area (Å²) in [6.45, 7) is 7.66. The topological polar surface area (TPSA) is 46.5 Å². The van der Waals surface area contributed by atoms with Crippen LogP contribution in [0.2, 0.25) is 0 Å². The van der Waals surface area contributed by atoms with Gasteiger partial charge >= 0.3 is 5.97 Å². The van der Waals surface area contributed by atoms with E-state index in [0.29, 0.717) is 12.2 Å². The Bertz CT molecular complexity index is 392. The molecule has 0 unspecified atom stereocenters. The summed E-state index contributed by atoms with van der Waals surface area (Å²) in [5.74, 6) is -0.446. The molecule has 17 heavy (non-hydrogen) atoms. The molecule has 0 heterocycles. The molecule has 3 nitrogen and oxygen atoms in total. The van der Waals surface area contributed by atoms with Crippen LogP contribution >= 0.6 is 0 Å². The third-order valence-corrected chi connectivity index (χ3v) is 2.47. The quantitative estimate of drug-likeness (QED) is 0.629. The maximum absolute atomic E-state index is 11.3. The molecule has 1 rings (SSSR count). The summed E-state index contributed by atoms with van der Waals surface area (Å²) in [6.07, 6.45) is -0.519. The van der Waals surface area contributed by atoms with Gasteiger partial charge < -0.3 is 9.84 Å². The molecular weight excluding hydrogens is 216 g/mol. The lowest BCUT2D eigenvalue weighted by Crippen LogP contribution is -2.10. The lowest BCUT2D eigenvalue weighted by atomic mass is 10.0. The van der Waals surface area contributed by atoms with Gasteiger partial charge in [-0.2, -0.15) is 0 Å². The van der Waals surface area contributed by atoms with Crippen molar-refractivity contribution < 1.29 is 14.6 Å². The third kappa shape index (κ3) is 4.04. The van der Waals surface area contributed by atoms with Gasteiger partial charge in [0.1, 0.15) is 0 Å². The number of benzene rings is 1. The second-order valence-electron chi connectivity index (χ2n) is 3.95. The van der Waals surface area contributed by atoms with E-state index in [1.54, 1.807) is 6.92 Å². The van der Waals surface area contributed by atoms with Crippen molar-refractivity contribution in [1.29, 1.82) is 0 Å². The van der Waals surface area contributed by atoms with E-state index in [9.17, 15) is 9.90 Å². The molecule has 0 aromatic heterocycles. The van der Waals surface area contributed by atoms with Crippen LogP contribution in [0.5, 0.6) is 0 Å². The summed E-state index contributed by atoms with van der Waals surface area (Å²) < 4.78 is 4.81. The molecule has 0 saturated heterocycles. The van der Waals surface area contributed by atoms with Gasteiger partial charge in [-0.15, -0.1) is 0 Å². The van der Waals surface area contributed by atoms with E-state index in [1.165, 1.54) is 0 Å². The van der Waals surface area contributed by atoms with E-state index in [4.69, 9.17) is 4.74 Å². The molecule has 0 spiro atoms. The highest BCUT2D eigenvalue weighted by Crippen LogP contribution is 2.21. The van der Waals surface area contributed by atoms with Crippen molar-refractivity contribution >= 4 is 5.97 Å². The van der Waals surface area contributed by atoms with Gasteiger partial charge in [0, 0.05) is 12.0 Å². The Morgan fingerprint density at radius 1 is 1.41 bits per heavy atom. The Morgan fingerprint density at radius 3 is 2.53 bits per heavy atom. The van der Waals surface area contributed by atoms with Crippen LogP contribution in [0, 0.1) is 6.92 Å². The predicted octanol–water partition coefficient (Wildman–Crippen LogP) is 2.54. The summed E-state index contributed by atoms with van der Waals surface area (Å²) in [4.78, 5) is 11.3. The highest BCUT2D eigenvalue weighted by molar-refractivity contribution is 5.87. The fourth-order valence-corrected chi connectivity index (χ4v) is 1.46. The molecule has 0 saturated carbocycles. The van der Waals surface area contributed by atoms with Crippen LogP contribution in [-0.4, -0.2) is 17.7 Å². The number of aliphatic hydroxyl groups excluding tert-OH is 1. The van der Waals surface area contributed by atoms with Gasteiger partial charge in [-0.25, -0.2) is 4.79 Å². The molecule has 1 aromatic carbocycles. The first kappa shape index (κ1) is 13.5. The van der Waals surface area contributed by atoms with Gasteiger partial charge in [-0.3, -0.25) is 0 Å². The molecule has 1 N–H and O–H groups in total. The summed E-state index contributed by atoms with van der Waals surface area (Å²) in [6, 6.07) is 7.54. The number of ether oxygens (including phenoxy) is 1. The standard InChI is InChI=1S/C14H18O3/c1-4-17-14(16)11(3)9-13(15)12-7-5-10(2)6-8-12/h5-8,13,15H,3-4,9H2,1-2H3/t13-/m0/s1. The van der Waals surface area contributed by atoms with Gasteiger partial charge in [-0.05, 0) is 19.4 Å². The number of hydrogen-bond acceptors (Lipinski definition) is 3. The van der Waals surface area contributed by atoms with Crippen molar-refractivity contribution in [3.8, 4) is 0 Å². The molecule has 0 fully saturated rings. The first-order valence-electron chi connectivity index (χ1n) is 5.64. The van der Waals surface area contributed by atoms with Crippen LogP contribution in [0.25, 0.3) is 0 Å². The largest absolute Gasteiger partial charge is 0.463 e. The molecule has 3 heteroatoms. The SMILES string of the molecule is C=C(C[C@H](O)c1ccc(C)cc1)C(=O)OCC. The number of rotatable bonds is 5. The fraction of sp³-hybridized carbons (Fsp3) is 0.357. The van der Waals surface area contributed by atoms with Gasteiger partial charge in [0.15, 0.2) is 0 Å². The average Bonchev–Trinajstić information content (AvgIpc) is 2.30. The summed E-state index contributed by atoms with van der Waals surface area (Å²) in [7, 11) is 0. The molecule has 0 aliphatic rings. The van der Waals surface area contributed by atoms with Crippen molar-refractivity contribution in [2.45, 2.75) is 26.4 Å². The second-order valence-corrected chi connectivity index (χ2v) is 3.95. The van der Waals surface area contributed by atoms with Crippen LogP contribution < -0.4 is 0 Å². The second kappa shape index (κ2) is 6.21. The van der Waals surface area contributed by atoms with E-state index in [1.807, 2.05) is 31.2 Å². The lowest BCUT2D eigenvalue weighted by Gasteiger charge is -2.12. The van der Waals surface area contributed by atoms with Gasteiger partial charge in [0.05, 0.1) is 12.7 Å². The summed E-state index contributed by atoms with van der Waals surface area (Å²) in [5.41, 5.74) is 2.20. The molecule has 0 radical (unpaired) electrons. The van der Waals surface area contributed by atoms with E-state index < -0.39 is 12.1 Å². The Hall–Kier alpha value is -1.61. The van der Waals surface area contributed by atoms with Crippen molar-refractivity contribution in [3.63, 3.8) is 0 Å². The summed E-state index contributed by atoms with van der Waals surface area (Å²) in [5, 5.41) is 9.93. The van der Waals surface area contributed by atoms with Crippen molar-refractivity contribution in [2.75, 3.05) is 6.61 Å². The molecular formula is C14H18O3. The fourth-order valence-electron chi connectivity index (χ4n) is 1.46. The molecule has 92 valence electrons. The third-order valence-electron chi connectivity index (χ3n) is 2.47. The Morgan fingerprint density at radius 2 is 2.00 bits per heavy atom. The minimum atomic E-state index is -0.715. The van der Waals surface area contributed by atoms with E-state index in [-0.39, 0.29) is 6.42 Å². The zero-order chi connectivity index (χ0) is 12.8. The number of hydrogen-bond donors (Lipinski definition) is 1. The van der Waals surface area contributed by atoms with Crippen LogP contribution in [0.15, 0.2) is 36.4 Å². The summed E-state index contributed by atoms with van der Waals surface area (Å²) >= 11 is 0. The van der Waals surface area contributed by atoms with Gasteiger partial charge in [0.25, 0.3) is 0 Å². The molecule has 1 aromatic rings. The van der Waals surface area contributed by atoms with Crippen LogP contribution in [0.4, 0.5) is 0 Å². The highest BCUT2D eigenvalue weighted by Gasteiger charge is 2.14. The molecule has 0 bridgehead atoms. The maximum atomic E-state index is 11.3. The number of aryl methyl sites for hydroxylation is 1. The normalized spacial score (nSPS) is 11.9. The maximum Gasteiger partial charge on any atom is 0.333 e. The minimum Gasteiger partial charge on any atom is -0.463 e. The molecule has 0 aliphatic carbocycles. The molecule has 0 amide bonds. The molecule has 0 aliphatic heterocycles. The first-order chi connectivity index (χ1) is 8.04. The van der Waals surface area contributed by atoms with Crippen LogP contribution in [0.1, 0.15) is 30.6 Å². The Kier molecular flexibility index (Phi) is 4.91. The molecule has 1 atom stereocenters. The zero-order valence-corrected chi connectivity index (χ0v) is 10.3. The number of carbonyl (C=O) groups is 1. The highest BCUT2D eigenvalue weighted by atomic mass is 16.5. The van der Waals surface area contributed by atoms with Crippen LogP contribution in [0.3, 0.4) is 0 Å². The zero-order valence-electron chi connectivity index (χ0n) is 10.3. The number of aliphatic hydroxyl groups is 1.